The van der Waals surface area contributed by atoms with Gasteiger partial charge in [0.1, 0.15) is 0 Å². The van der Waals surface area contributed by atoms with Gasteiger partial charge in [-0.05, 0) is 0 Å². The first-order chi connectivity index (χ1) is 7.94. The van der Waals surface area contributed by atoms with E-state index in [0.29, 0.717) is 0 Å². The van der Waals surface area contributed by atoms with Crippen molar-refractivity contribution < 1.29 is 18.9 Å². The Balaban J connectivity index is 5.41. The molecule has 0 atom stereocenters. The van der Waals surface area contributed by atoms with E-state index in [-0.39, 0.29) is 19.3 Å². The molecule has 0 bridgehead atoms. The van der Waals surface area contributed by atoms with Crippen LogP contribution in [0.5, 0.6) is 0 Å². The Morgan fingerprint density at radius 1 is 0.765 bits per heavy atom. The molecule has 0 aromatic heterocycles. The molecule has 0 aromatic rings. The minimum Gasteiger partial charge on any atom is -0.299 e. The van der Waals surface area contributed by atoms with Gasteiger partial charge in [-0.25, -0.2) is 0 Å². The van der Waals surface area contributed by atoms with Gasteiger partial charge in [0.05, 0.1) is 0 Å². The average Bonchev–Trinajstić information content (AvgIpc) is 2.28. The van der Waals surface area contributed by atoms with Crippen LogP contribution >= 0.6 is 7.14 Å². The first-order valence-corrected chi connectivity index (χ1v) is 6.68. The molecule has 0 radical (unpaired) electrons. The summed E-state index contributed by atoms with van der Waals surface area (Å²) in [6.45, 7) is 9.96. The lowest BCUT2D eigenvalue weighted by atomic mass is 10.5. The summed E-state index contributed by atoms with van der Waals surface area (Å²) in [5.41, 5.74) is -2.61. The van der Waals surface area contributed by atoms with Crippen molar-refractivity contribution in [2.45, 2.75) is 19.3 Å². The Bertz CT molecular complexity index is 358. The van der Waals surface area contributed by atoms with Crippen molar-refractivity contribution in [2.24, 2.45) is 0 Å². The zero-order valence-corrected chi connectivity index (χ0v) is 10.4. The van der Waals surface area contributed by atoms with Crippen LogP contribution < -0.4 is 0 Å². The van der Waals surface area contributed by atoms with Crippen molar-refractivity contribution in [3.8, 4) is 0 Å². The van der Waals surface area contributed by atoms with Gasteiger partial charge in [-0.3, -0.25) is 18.9 Å². The molecule has 0 aliphatic heterocycles. The molecule has 0 aliphatic carbocycles. The molecular weight excluding hydrogens is 239 g/mol. The summed E-state index contributed by atoms with van der Waals surface area (Å²) in [4.78, 5) is 35.0. The lowest BCUT2D eigenvalue weighted by Gasteiger charge is -2.11. The third-order valence-corrected chi connectivity index (χ3v) is 4.67. The summed E-state index contributed by atoms with van der Waals surface area (Å²) in [7, 11) is -4.17. The SMILES string of the molecule is C=CCC(=O)P(=O)(C(=O)CC=C)C(=O)CC=C. The zero-order chi connectivity index (χ0) is 13.5. The van der Waals surface area contributed by atoms with E-state index in [1.165, 1.54) is 18.2 Å². The second-order valence-corrected chi connectivity index (χ2v) is 5.98. The van der Waals surface area contributed by atoms with Crippen LogP contribution in [0, 0.1) is 0 Å². The molecular formula is C12H15O4P. The summed E-state index contributed by atoms with van der Waals surface area (Å²) < 4.78 is 12.3. The predicted octanol–water partition coefficient (Wildman–Crippen LogP) is 2.66. The molecule has 0 rings (SSSR count). The molecule has 92 valence electrons. The van der Waals surface area contributed by atoms with E-state index in [1.807, 2.05) is 0 Å². The second kappa shape index (κ2) is 6.92. The van der Waals surface area contributed by atoms with Crippen LogP contribution in [0.15, 0.2) is 38.0 Å². The van der Waals surface area contributed by atoms with Gasteiger partial charge >= 0.3 is 0 Å². The number of allylic oxidation sites excluding steroid dienone is 3. The number of hydrogen-bond acceptors (Lipinski definition) is 4. The summed E-state index contributed by atoms with van der Waals surface area (Å²) in [5.74, 6) is 0. The number of hydrogen-bond donors (Lipinski definition) is 0. The van der Waals surface area contributed by atoms with Crippen molar-refractivity contribution in [3.63, 3.8) is 0 Å². The highest BCUT2D eigenvalue weighted by Crippen LogP contribution is 2.51. The Labute approximate surface area is 100 Å². The van der Waals surface area contributed by atoms with E-state index in [9.17, 15) is 18.9 Å². The van der Waals surface area contributed by atoms with Gasteiger partial charge in [0.25, 0.3) is 7.14 Å². The van der Waals surface area contributed by atoms with Crippen molar-refractivity contribution in [1.29, 1.82) is 0 Å². The first-order valence-electron chi connectivity index (χ1n) is 4.98. The molecule has 0 fully saturated rings. The summed E-state index contributed by atoms with van der Waals surface area (Å²) in [6.07, 6.45) is 2.88. The smallest absolute Gasteiger partial charge is 0.273 e. The first kappa shape index (κ1) is 15.5. The Morgan fingerprint density at radius 3 is 1.18 bits per heavy atom. The van der Waals surface area contributed by atoms with E-state index in [4.69, 9.17) is 0 Å². The van der Waals surface area contributed by atoms with Crippen LogP contribution in [0.1, 0.15) is 19.3 Å². The van der Waals surface area contributed by atoms with E-state index in [1.54, 1.807) is 0 Å². The van der Waals surface area contributed by atoms with E-state index in [2.05, 4.69) is 19.7 Å². The molecule has 17 heavy (non-hydrogen) atoms. The lowest BCUT2D eigenvalue weighted by molar-refractivity contribution is -0.117. The van der Waals surface area contributed by atoms with Gasteiger partial charge in [0, 0.05) is 19.3 Å². The highest BCUT2D eigenvalue weighted by atomic mass is 31.2. The summed E-state index contributed by atoms with van der Waals surface area (Å²) in [6, 6.07) is 0. The molecule has 0 N–H and O–H groups in total. The summed E-state index contributed by atoms with van der Waals surface area (Å²) in [5, 5.41) is 0. The maximum absolute atomic E-state index is 12.3. The van der Waals surface area contributed by atoms with E-state index in [0.717, 1.165) is 0 Å². The lowest BCUT2D eigenvalue weighted by Crippen LogP contribution is -2.16. The maximum atomic E-state index is 12.3. The molecule has 0 saturated heterocycles. The monoisotopic (exact) mass is 254 g/mol. The van der Waals surface area contributed by atoms with Gasteiger partial charge in [-0.15, -0.1) is 19.7 Å². The topological polar surface area (TPSA) is 68.3 Å². The van der Waals surface area contributed by atoms with Crippen LogP contribution in [0.4, 0.5) is 0 Å². The van der Waals surface area contributed by atoms with Crippen molar-refractivity contribution >= 4 is 23.7 Å². The van der Waals surface area contributed by atoms with Crippen LogP contribution in [0.2, 0.25) is 0 Å². The molecule has 0 aliphatic rings. The van der Waals surface area contributed by atoms with Crippen LogP contribution in [0.3, 0.4) is 0 Å². The van der Waals surface area contributed by atoms with Gasteiger partial charge in [-0.2, -0.15) is 0 Å². The van der Waals surface area contributed by atoms with Crippen LogP contribution in [0.25, 0.3) is 0 Å². The highest BCUT2D eigenvalue weighted by Gasteiger charge is 2.43. The largest absolute Gasteiger partial charge is 0.299 e. The Morgan fingerprint density at radius 2 is 1.00 bits per heavy atom. The Hall–Kier alpha value is -1.54. The van der Waals surface area contributed by atoms with Crippen molar-refractivity contribution in [1.82, 2.24) is 0 Å². The molecule has 0 amide bonds. The van der Waals surface area contributed by atoms with E-state index >= 15 is 0 Å². The molecule has 4 nitrogen and oxygen atoms in total. The van der Waals surface area contributed by atoms with Gasteiger partial charge < -0.3 is 0 Å². The zero-order valence-electron chi connectivity index (χ0n) is 9.55. The number of carbonyl (C=O) groups is 3. The number of carbonyl (C=O) groups excluding carboxylic acids is 3. The average molecular weight is 254 g/mol. The van der Waals surface area contributed by atoms with Gasteiger partial charge in [0.2, 0.25) is 16.6 Å². The molecule has 0 heterocycles. The maximum Gasteiger partial charge on any atom is 0.273 e. The van der Waals surface area contributed by atoms with Gasteiger partial charge in [-0.1, -0.05) is 18.2 Å². The fourth-order valence-corrected chi connectivity index (χ4v) is 3.17. The molecule has 0 saturated carbocycles. The van der Waals surface area contributed by atoms with Gasteiger partial charge in [0.15, 0.2) is 0 Å². The predicted molar refractivity (Wildman–Crippen MR) is 67.1 cm³/mol. The molecule has 5 heteroatoms. The Kier molecular flexibility index (Phi) is 6.29. The fraction of sp³-hybridized carbons (Fsp3) is 0.250. The second-order valence-electron chi connectivity index (χ2n) is 3.27. The molecule has 0 spiro atoms. The standard InChI is InChI=1S/C12H15O4P/c1-4-7-10(13)17(16,11(14)8-5-2)12(15)9-6-3/h4-6H,1-3,7-9H2. The quantitative estimate of drug-likeness (QED) is 0.468. The summed E-state index contributed by atoms with van der Waals surface area (Å²) >= 11 is 0. The fourth-order valence-electron chi connectivity index (χ4n) is 1.17. The minimum atomic E-state index is -4.17. The van der Waals surface area contributed by atoms with Crippen LogP contribution in [-0.4, -0.2) is 16.6 Å². The van der Waals surface area contributed by atoms with E-state index < -0.39 is 23.7 Å². The highest BCUT2D eigenvalue weighted by molar-refractivity contribution is 8.06. The molecule has 0 aromatic carbocycles. The minimum absolute atomic E-state index is 0.261. The van der Waals surface area contributed by atoms with Crippen molar-refractivity contribution in [2.75, 3.05) is 0 Å². The normalized spacial score (nSPS) is 10.4. The van der Waals surface area contributed by atoms with Crippen molar-refractivity contribution in [3.05, 3.63) is 38.0 Å². The third-order valence-electron chi connectivity index (χ3n) is 2.01. The number of rotatable bonds is 9. The third kappa shape index (κ3) is 3.46. The molecule has 0 unspecified atom stereocenters. The van der Waals surface area contributed by atoms with Crippen LogP contribution in [-0.2, 0) is 18.9 Å².